The van der Waals surface area contributed by atoms with Crippen molar-refractivity contribution < 1.29 is 9.47 Å². The molecule has 3 rings (SSSR count). The Bertz CT molecular complexity index is 478. The van der Waals surface area contributed by atoms with Crippen molar-refractivity contribution in [3.63, 3.8) is 0 Å². The third-order valence-corrected chi connectivity index (χ3v) is 4.79. The van der Waals surface area contributed by atoms with E-state index in [0.717, 1.165) is 18.3 Å². The van der Waals surface area contributed by atoms with Gasteiger partial charge in [0.15, 0.2) is 0 Å². The average molecular weight is 290 g/mol. The lowest BCUT2D eigenvalue weighted by Crippen LogP contribution is -2.27. The first-order chi connectivity index (χ1) is 10.3. The Labute approximate surface area is 127 Å². The fourth-order valence-electron chi connectivity index (χ4n) is 3.53. The molecule has 0 saturated carbocycles. The first-order valence-electron chi connectivity index (χ1n) is 7.97. The van der Waals surface area contributed by atoms with E-state index in [-0.39, 0.29) is 0 Å². The topological polar surface area (TPSA) is 33.7 Å². The Morgan fingerprint density at radius 2 is 2.24 bits per heavy atom. The largest absolute Gasteiger partial charge is 0.491 e. The van der Waals surface area contributed by atoms with Gasteiger partial charge in [-0.05, 0) is 56.6 Å². The maximum Gasteiger partial charge on any atom is 0.119 e. The summed E-state index contributed by atoms with van der Waals surface area (Å²) in [5.74, 6) is 1.57. The molecule has 0 spiro atoms. The van der Waals surface area contributed by atoms with Gasteiger partial charge < -0.3 is 19.7 Å². The van der Waals surface area contributed by atoms with E-state index in [4.69, 9.17) is 9.47 Å². The van der Waals surface area contributed by atoms with E-state index in [0.29, 0.717) is 19.1 Å². The molecule has 1 N–H and O–H groups in total. The van der Waals surface area contributed by atoms with Crippen molar-refractivity contribution in [1.29, 1.82) is 0 Å². The van der Waals surface area contributed by atoms with Gasteiger partial charge in [-0.25, -0.2) is 0 Å². The third kappa shape index (κ3) is 3.33. The number of rotatable bonds is 6. The van der Waals surface area contributed by atoms with Crippen molar-refractivity contribution in [2.24, 2.45) is 0 Å². The van der Waals surface area contributed by atoms with Crippen LogP contribution in [0.3, 0.4) is 0 Å². The van der Waals surface area contributed by atoms with Crippen LogP contribution in [0.1, 0.15) is 30.7 Å². The second kappa shape index (κ2) is 6.67. The zero-order chi connectivity index (χ0) is 14.7. The molecule has 1 aromatic carbocycles. The Morgan fingerprint density at radius 1 is 1.33 bits per heavy atom. The van der Waals surface area contributed by atoms with E-state index in [1.54, 1.807) is 7.11 Å². The summed E-state index contributed by atoms with van der Waals surface area (Å²) in [6, 6.07) is 7.15. The van der Waals surface area contributed by atoms with Crippen molar-refractivity contribution in [1.82, 2.24) is 4.90 Å². The van der Waals surface area contributed by atoms with Gasteiger partial charge in [0.25, 0.3) is 0 Å². The molecule has 0 unspecified atom stereocenters. The molecule has 4 nitrogen and oxygen atoms in total. The molecule has 2 heterocycles. The van der Waals surface area contributed by atoms with Crippen LogP contribution >= 0.6 is 0 Å². The van der Waals surface area contributed by atoms with Crippen LogP contribution in [-0.2, 0) is 4.74 Å². The Hall–Kier alpha value is -1.26. The van der Waals surface area contributed by atoms with Gasteiger partial charge in [-0.1, -0.05) is 0 Å². The summed E-state index contributed by atoms with van der Waals surface area (Å²) in [5, 5.41) is 3.53. The lowest BCUT2D eigenvalue weighted by atomic mass is 9.93. The number of anilines is 1. The maximum atomic E-state index is 5.75. The van der Waals surface area contributed by atoms with Crippen LogP contribution in [0.15, 0.2) is 18.2 Å². The van der Waals surface area contributed by atoms with Crippen molar-refractivity contribution >= 4 is 5.69 Å². The van der Waals surface area contributed by atoms with E-state index in [1.807, 2.05) is 6.07 Å². The predicted molar refractivity (Wildman–Crippen MR) is 85.3 cm³/mol. The van der Waals surface area contributed by atoms with E-state index >= 15 is 0 Å². The summed E-state index contributed by atoms with van der Waals surface area (Å²) in [6.07, 6.45) is 3.93. The molecule has 2 aliphatic rings. The Kier molecular flexibility index (Phi) is 4.66. The van der Waals surface area contributed by atoms with Crippen molar-refractivity contribution in [2.75, 3.05) is 45.8 Å². The van der Waals surface area contributed by atoms with E-state index in [2.05, 4.69) is 29.4 Å². The second-order valence-electron chi connectivity index (χ2n) is 6.18. The van der Waals surface area contributed by atoms with Crippen LogP contribution in [0.25, 0.3) is 0 Å². The van der Waals surface area contributed by atoms with Crippen LogP contribution in [0.2, 0.25) is 0 Å². The van der Waals surface area contributed by atoms with Gasteiger partial charge in [-0.2, -0.15) is 0 Å². The first-order valence-corrected chi connectivity index (χ1v) is 7.97. The fourth-order valence-corrected chi connectivity index (χ4v) is 3.53. The molecule has 0 amide bonds. The zero-order valence-electron chi connectivity index (χ0n) is 13.1. The van der Waals surface area contributed by atoms with Gasteiger partial charge >= 0.3 is 0 Å². The number of likely N-dealkylation sites (tertiary alicyclic amines) is 1. The van der Waals surface area contributed by atoms with Gasteiger partial charge in [0.2, 0.25) is 0 Å². The normalized spacial score (nSPS) is 24.9. The molecule has 116 valence electrons. The van der Waals surface area contributed by atoms with Gasteiger partial charge in [-0.15, -0.1) is 0 Å². The van der Waals surface area contributed by atoms with E-state index in [9.17, 15) is 0 Å². The number of fused-ring (bicyclic) bond motifs is 1. The monoisotopic (exact) mass is 290 g/mol. The van der Waals surface area contributed by atoms with E-state index in [1.165, 1.54) is 37.1 Å². The van der Waals surface area contributed by atoms with Crippen molar-refractivity contribution in [3.05, 3.63) is 23.8 Å². The van der Waals surface area contributed by atoms with Crippen molar-refractivity contribution in [2.45, 2.75) is 31.2 Å². The highest BCUT2D eigenvalue weighted by atomic mass is 16.5. The van der Waals surface area contributed by atoms with Gasteiger partial charge in [0.1, 0.15) is 12.4 Å². The van der Waals surface area contributed by atoms with Crippen LogP contribution < -0.4 is 10.1 Å². The number of hydrogen-bond donors (Lipinski definition) is 1. The van der Waals surface area contributed by atoms with Crippen LogP contribution in [0.5, 0.6) is 5.75 Å². The molecule has 4 heteroatoms. The molecule has 0 aromatic heterocycles. The highest BCUT2D eigenvalue weighted by Gasteiger charge is 2.29. The molecule has 21 heavy (non-hydrogen) atoms. The van der Waals surface area contributed by atoms with Crippen LogP contribution in [0.4, 0.5) is 5.69 Å². The SMILES string of the molecule is COCCOc1ccc2c(c1)[C@@H](C[C@H]1CCCN1C)CN2. The highest BCUT2D eigenvalue weighted by molar-refractivity contribution is 5.60. The zero-order valence-corrected chi connectivity index (χ0v) is 13.1. The fraction of sp³-hybridized carbons (Fsp3) is 0.647. The van der Waals surface area contributed by atoms with E-state index < -0.39 is 0 Å². The molecular formula is C17H26N2O2. The first kappa shape index (κ1) is 14.7. The van der Waals surface area contributed by atoms with Gasteiger partial charge in [-0.3, -0.25) is 0 Å². The summed E-state index contributed by atoms with van der Waals surface area (Å²) in [7, 11) is 3.95. The Morgan fingerprint density at radius 3 is 3.00 bits per heavy atom. The number of methoxy groups -OCH3 is 1. The minimum Gasteiger partial charge on any atom is -0.491 e. The quantitative estimate of drug-likeness (QED) is 0.817. The summed E-state index contributed by atoms with van der Waals surface area (Å²) in [4.78, 5) is 2.51. The smallest absolute Gasteiger partial charge is 0.119 e. The number of hydrogen-bond acceptors (Lipinski definition) is 4. The minimum absolute atomic E-state index is 0.608. The predicted octanol–water partition coefficient (Wildman–Crippen LogP) is 2.71. The van der Waals surface area contributed by atoms with Crippen molar-refractivity contribution in [3.8, 4) is 5.75 Å². The summed E-state index contributed by atoms with van der Waals surface area (Å²) in [6.45, 7) is 3.55. The molecule has 1 aromatic rings. The highest BCUT2D eigenvalue weighted by Crippen LogP contribution is 2.38. The standard InChI is InChI=1S/C17H26N2O2/c1-19-7-3-4-14(19)10-13-12-18-17-6-5-15(11-16(13)17)21-9-8-20-2/h5-6,11,13-14,18H,3-4,7-10,12H2,1-2H3/t13-,14+/m0/s1. The lowest BCUT2D eigenvalue weighted by Gasteiger charge is -2.23. The van der Waals surface area contributed by atoms with Crippen LogP contribution in [-0.4, -0.2) is 51.4 Å². The summed E-state index contributed by atoms with van der Waals surface area (Å²) < 4.78 is 10.8. The third-order valence-electron chi connectivity index (χ3n) is 4.79. The molecule has 0 radical (unpaired) electrons. The van der Waals surface area contributed by atoms with Gasteiger partial charge in [0, 0.05) is 31.3 Å². The summed E-state index contributed by atoms with van der Waals surface area (Å²) in [5.41, 5.74) is 2.70. The second-order valence-corrected chi connectivity index (χ2v) is 6.18. The van der Waals surface area contributed by atoms with Gasteiger partial charge in [0.05, 0.1) is 6.61 Å². The minimum atomic E-state index is 0.608. The average Bonchev–Trinajstić information content (AvgIpc) is 3.07. The number of benzene rings is 1. The number of nitrogens with zero attached hydrogens (tertiary/aromatic N) is 1. The molecule has 2 aliphatic heterocycles. The molecular weight excluding hydrogens is 264 g/mol. The lowest BCUT2D eigenvalue weighted by molar-refractivity contribution is 0.146. The molecule has 0 aliphatic carbocycles. The maximum absolute atomic E-state index is 5.75. The molecule has 0 bridgehead atoms. The molecule has 2 atom stereocenters. The summed E-state index contributed by atoms with van der Waals surface area (Å²) >= 11 is 0. The van der Waals surface area contributed by atoms with Crippen LogP contribution in [0, 0.1) is 0 Å². The number of nitrogens with one attached hydrogen (secondary N) is 1. The Balaban J connectivity index is 1.66. The molecule has 1 saturated heterocycles. The number of ether oxygens (including phenoxy) is 2. The molecule has 1 fully saturated rings.